The lowest BCUT2D eigenvalue weighted by Gasteiger charge is -2.36. The molecule has 11 heteroatoms. The highest BCUT2D eigenvalue weighted by atomic mass is 35.5. The molecule has 4 heterocycles. The molecule has 1 fully saturated rings. The van der Waals surface area contributed by atoms with Crippen LogP contribution < -0.4 is 24.6 Å². The monoisotopic (exact) mass is 502 g/mol. The zero-order valence-electron chi connectivity index (χ0n) is 19.3. The van der Waals surface area contributed by atoms with E-state index in [1.165, 1.54) is 0 Å². The molecule has 1 saturated heterocycles. The first-order valence-electron chi connectivity index (χ1n) is 11.3. The molecule has 0 spiro atoms. The van der Waals surface area contributed by atoms with Crippen molar-refractivity contribution in [1.29, 1.82) is 0 Å². The van der Waals surface area contributed by atoms with Crippen molar-refractivity contribution in [2.24, 2.45) is 0 Å². The first kappa shape index (κ1) is 23.3. The molecule has 0 saturated carbocycles. The Bertz CT molecular complexity index is 1220. The number of halogens is 3. The smallest absolute Gasteiger partial charge is 0.225 e. The van der Waals surface area contributed by atoms with Crippen LogP contribution in [-0.2, 0) is 0 Å². The van der Waals surface area contributed by atoms with Crippen molar-refractivity contribution in [3.05, 3.63) is 58.9 Å². The highest BCUT2D eigenvalue weighted by Crippen LogP contribution is 2.39. The molecular formula is C24H25ClF2N6O2. The molecule has 8 nitrogen and oxygen atoms in total. The number of aromatic nitrogens is 3. The zero-order valence-corrected chi connectivity index (χ0v) is 20.1. The predicted molar refractivity (Wildman–Crippen MR) is 130 cm³/mol. The van der Waals surface area contributed by atoms with Crippen LogP contribution >= 0.6 is 11.6 Å². The number of piperidine rings is 1. The van der Waals surface area contributed by atoms with Crippen LogP contribution in [0.2, 0.25) is 5.02 Å². The average molecular weight is 503 g/mol. The number of benzene rings is 1. The number of hydrogen-bond acceptors (Lipinski definition) is 8. The summed E-state index contributed by atoms with van der Waals surface area (Å²) in [4.78, 5) is 17.4. The third-order valence-corrected chi connectivity index (χ3v) is 6.78. The van der Waals surface area contributed by atoms with Gasteiger partial charge in [-0.25, -0.2) is 18.7 Å². The number of anilines is 3. The summed E-state index contributed by atoms with van der Waals surface area (Å²) in [6.45, 7) is 1.95. The topological polar surface area (TPSA) is 75.6 Å². The van der Waals surface area contributed by atoms with Crippen LogP contribution in [0.25, 0.3) is 0 Å². The molecule has 3 aromatic rings. The van der Waals surface area contributed by atoms with Crippen molar-refractivity contribution in [2.45, 2.75) is 24.9 Å². The Balaban J connectivity index is 1.27. The van der Waals surface area contributed by atoms with Gasteiger partial charge in [-0.05, 0) is 36.6 Å². The number of pyridine rings is 1. The van der Waals surface area contributed by atoms with Crippen LogP contribution in [0.4, 0.5) is 26.2 Å². The highest BCUT2D eigenvalue weighted by Gasteiger charge is 2.31. The largest absolute Gasteiger partial charge is 0.486 e. The molecule has 1 atom stereocenters. The lowest BCUT2D eigenvalue weighted by molar-refractivity contribution is 0.264. The normalized spacial score (nSPS) is 18.1. The molecule has 2 aliphatic heterocycles. The van der Waals surface area contributed by atoms with Crippen molar-refractivity contribution in [1.82, 2.24) is 15.0 Å². The third-order valence-electron chi connectivity index (χ3n) is 6.45. The minimum Gasteiger partial charge on any atom is -0.486 e. The molecule has 1 unspecified atom stereocenters. The number of nitrogens with zero attached hydrogens (tertiary/aromatic N) is 5. The summed E-state index contributed by atoms with van der Waals surface area (Å²) in [5.41, 5.74) is 1.52. The second-order valence-electron chi connectivity index (χ2n) is 8.57. The van der Waals surface area contributed by atoms with E-state index in [0.29, 0.717) is 29.0 Å². The minimum absolute atomic E-state index is 0.138. The Morgan fingerprint density at radius 2 is 1.91 bits per heavy atom. The SMILES string of the molecule is COc1cc(N2CCC(Nc3ncc4c(n3)N(C)C(c3cc(F)c(F)cc3Cl)CO4)CC2)ccn1. The van der Waals surface area contributed by atoms with Gasteiger partial charge in [-0.15, -0.1) is 0 Å². The number of rotatable bonds is 5. The number of nitrogens with one attached hydrogen (secondary N) is 1. The van der Waals surface area contributed by atoms with Crippen molar-refractivity contribution < 1.29 is 18.3 Å². The van der Waals surface area contributed by atoms with Crippen molar-refractivity contribution in [2.75, 3.05) is 49.0 Å². The number of fused-ring (bicyclic) bond motifs is 1. The summed E-state index contributed by atoms with van der Waals surface area (Å²) >= 11 is 6.21. The maximum Gasteiger partial charge on any atom is 0.225 e. The summed E-state index contributed by atoms with van der Waals surface area (Å²) in [7, 11) is 3.43. The standard InChI is InChI=1S/C24H25ClF2N6O2/c1-32-20(16-10-18(26)19(27)11-17(16)25)13-35-21-12-29-24(31-23(21)32)30-14-4-7-33(8-5-14)15-3-6-28-22(9-15)34-2/h3,6,9-12,14,20H,4-5,7-8,13H2,1-2H3,(H,29,30,31). The van der Waals surface area contributed by atoms with Gasteiger partial charge in [-0.3, -0.25) is 0 Å². The number of ether oxygens (including phenoxy) is 2. The van der Waals surface area contributed by atoms with Crippen molar-refractivity contribution >= 4 is 29.1 Å². The van der Waals surface area contributed by atoms with Gasteiger partial charge in [0.25, 0.3) is 0 Å². The predicted octanol–water partition coefficient (Wildman–Crippen LogP) is 4.46. The first-order valence-corrected chi connectivity index (χ1v) is 11.7. The van der Waals surface area contributed by atoms with E-state index in [-0.39, 0.29) is 17.7 Å². The molecule has 2 aromatic heterocycles. The van der Waals surface area contributed by atoms with E-state index in [1.807, 2.05) is 24.1 Å². The molecular weight excluding hydrogens is 478 g/mol. The van der Waals surface area contributed by atoms with Gasteiger partial charge in [0.15, 0.2) is 23.2 Å². The fraction of sp³-hybridized carbons (Fsp3) is 0.375. The fourth-order valence-electron chi connectivity index (χ4n) is 4.48. The van der Waals surface area contributed by atoms with Gasteiger partial charge >= 0.3 is 0 Å². The van der Waals surface area contributed by atoms with Crippen LogP contribution in [0.5, 0.6) is 11.6 Å². The summed E-state index contributed by atoms with van der Waals surface area (Å²) in [5.74, 6) is 0.224. The van der Waals surface area contributed by atoms with Crippen molar-refractivity contribution in [3.8, 4) is 11.6 Å². The summed E-state index contributed by atoms with van der Waals surface area (Å²) in [5, 5.41) is 3.56. The molecule has 0 radical (unpaired) electrons. The van der Waals surface area contributed by atoms with Crippen LogP contribution in [0.1, 0.15) is 24.4 Å². The van der Waals surface area contributed by atoms with Gasteiger partial charge in [-0.2, -0.15) is 4.98 Å². The molecule has 35 heavy (non-hydrogen) atoms. The van der Waals surface area contributed by atoms with Crippen molar-refractivity contribution in [3.63, 3.8) is 0 Å². The van der Waals surface area contributed by atoms with Crippen LogP contribution in [-0.4, -0.2) is 54.8 Å². The number of methoxy groups -OCH3 is 1. The second-order valence-corrected chi connectivity index (χ2v) is 8.98. The maximum absolute atomic E-state index is 13.9. The Kier molecular flexibility index (Phi) is 6.46. The van der Waals surface area contributed by atoms with Gasteiger partial charge in [-0.1, -0.05) is 11.6 Å². The van der Waals surface area contributed by atoms with Gasteiger partial charge in [0.1, 0.15) is 6.61 Å². The first-order chi connectivity index (χ1) is 16.9. The molecule has 5 rings (SSSR count). The molecule has 0 bridgehead atoms. The van der Waals surface area contributed by atoms with Gasteiger partial charge in [0.2, 0.25) is 11.8 Å². The molecule has 0 aliphatic carbocycles. The quantitative estimate of drug-likeness (QED) is 0.512. The van der Waals surface area contributed by atoms with Gasteiger partial charge < -0.3 is 24.6 Å². The van der Waals surface area contributed by atoms with E-state index in [4.69, 9.17) is 21.1 Å². The molecule has 0 amide bonds. The van der Waals surface area contributed by atoms with Crippen LogP contribution in [0.15, 0.2) is 36.7 Å². The Morgan fingerprint density at radius 3 is 2.69 bits per heavy atom. The summed E-state index contributed by atoms with van der Waals surface area (Å²) < 4.78 is 38.5. The lowest BCUT2D eigenvalue weighted by atomic mass is 10.0. The van der Waals surface area contributed by atoms with Crippen LogP contribution in [0.3, 0.4) is 0 Å². The molecule has 184 valence electrons. The highest BCUT2D eigenvalue weighted by molar-refractivity contribution is 6.31. The number of likely N-dealkylation sites (N-methyl/N-ethyl adjacent to an activating group) is 1. The van der Waals surface area contributed by atoms with E-state index in [1.54, 1.807) is 19.5 Å². The second kappa shape index (κ2) is 9.69. The zero-order chi connectivity index (χ0) is 24.5. The third kappa shape index (κ3) is 4.75. The maximum atomic E-state index is 13.9. The molecule has 2 aliphatic rings. The summed E-state index contributed by atoms with van der Waals surface area (Å²) in [6, 6.07) is 5.80. The minimum atomic E-state index is -0.985. The van der Waals surface area contributed by atoms with Gasteiger partial charge in [0.05, 0.1) is 19.3 Å². The van der Waals surface area contributed by atoms with Crippen LogP contribution in [0, 0.1) is 11.6 Å². The Morgan fingerprint density at radius 1 is 1.14 bits per heavy atom. The average Bonchev–Trinajstić information content (AvgIpc) is 2.87. The summed E-state index contributed by atoms with van der Waals surface area (Å²) in [6.07, 6.45) is 5.19. The number of hydrogen-bond donors (Lipinski definition) is 1. The molecule has 1 N–H and O–H groups in total. The Hall–Kier alpha value is -3.40. The van der Waals surface area contributed by atoms with Gasteiger partial charge in [0, 0.05) is 49.2 Å². The Labute approximate surface area is 206 Å². The van der Waals surface area contributed by atoms with E-state index in [0.717, 1.165) is 43.8 Å². The van der Waals surface area contributed by atoms with E-state index >= 15 is 0 Å². The van der Waals surface area contributed by atoms with E-state index < -0.39 is 17.7 Å². The van der Waals surface area contributed by atoms with E-state index in [9.17, 15) is 8.78 Å². The van der Waals surface area contributed by atoms with E-state index in [2.05, 4.69) is 25.2 Å². The molecule has 1 aromatic carbocycles. The lowest BCUT2D eigenvalue weighted by Crippen LogP contribution is -2.39. The fourth-order valence-corrected chi connectivity index (χ4v) is 4.75.